The highest BCUT2D eigenvalue weighted by Crippen LogP contribution is 2.37. The molecule has 3 rings (SSSR count). The van der Waals surface area contributed by atoms with Gasteiger partial charge in [-0.2, -0.15) is 0 Å². The third kappa shape index (κ3) is 2.21. The lowest BCUT2D eigenvalue weighted by Gasteiger charge is -2.14. The Morgan fingerprint density at radius 1 is 1.41 bits per heavy atom. The van der Waals surface area contributed by atoms with E-state index in [0.717, 1.165) is 18.9 Å². The van der Waals surface area contributed by atoms with Gasteiger partial charge in [0.25, 0.3) is 0 Å². The second-order valence-corrected chi connectivity index (χ2v) is 5.47. The second kappa shape index (κ2) is 5.06. The lowest BCUT2D eigenvalue weighted by atomic mass is 10.0. The van der Waals surface area contributed by atoms with Crippen molar-refractivity contribution in [3.63, 3.8) is 0 Å². The zero-order valence-electron chi connectivity index (χ0n) is 11.8. The zero-order valence-corrected chi connectivity index (χ0v) is 11.8. The van der Waals surface area contributed by atoms with Gasteiger partial charge in [0, 0.05) is 29.7 Å². The maximum atomic E-state index is 14.2. The van der Waals surface area contributed by atoms with E-state index in [0.29, 0.717) is 11.1 Å². The van der Waals surface area contributed by atoms with Crippen LogP contribution in [0.3, 0.4) is 0 Å². The van der Waals surface area contributed by atoms with Crippen molar-refractivity contribution < 1.29 is 14.3 Å². The summed E-state index contributed by atoms with van der Waals surface area (Å²) in [5.41, 5.74) is 5.69. The number of hydrogen-bond acceptors (Lipinski definition) is 3. The Balaban J connectivity index is 2.39. The number of halogens is 1. The van der Waals surface area contributed by atoms with Gasteiger partial charge in [-0.1, -0.05) is 6.58 Å². The number of nitrogens with zero attached hydrogens (tertiary/aromatic N) is 1. The number of carboxylic acid groups (broad SMARTS) is 1. The minimum Gasteiger partial charge on any atom is -0.477 e. The number of benzene rings is 1. The van der Waals surface area contributed by atoms with Crippen LogP contribution in [0.2, 0.25) is 0 Å². The first-order valence-electron chi connectivity index (χ1n) is 6.94. The molecule has 114 valence electrons. The van der Waals surface area contributed by atoms with Crippen molar-refractivity contribution in [3.8, 4) is 0 Å². The van der Waals surface area contributed by atoms with Crippen LogP contribution in [0.1, 0.15) is 34.8 Å². The van der Waals surface area contributed by atoms with Gasteiger partial charge in [0.1, 0.15) is 11.4 Å². The summed E-state index contributed by atoms with van der Waals surface area (Å²) >= 11 is 0. The van der Waals surface area contributed by atoms with E-state index in [2.05, 4.69) is 6.58 Å². The number of nitrogens with two attached hydrogens (primary N) is 1. The quantitative estimate of drug-likeness (QED) is 0.906. The Morgan fingerprint density at radius 2 is 2.09 bits per heavy atom. The van der Waals surface area contributed by atoms with Crippen molar-refractivity contribution in [1.82, 2.24) is 4.57 Å². The molecule has 2 aromatic rings. The average molecular weight is 302 g/mol. The number of carbonyl (C=O) groups is 1. The molecule has 0 atom stereocenters. The first-order valence-corrected chi connectivity index (χ1v) is 6.94. The van der Waals surface area contributed by atoms with Crippen molar-refractivity contribution in [2.24, 2.45) is 5.73 Å². The van der Waals surface area contributed by atoms with E-state index < -0.39 is 17.2 Å². The lowest BCUT2D eigenvalue weighted by molar-refractivity contribution is 0.0695. The van der Waals surface area contributed by atoms with Crippen LogP contribution in [-0.4, -0.2) is 22.2 Å². The summed E-state index contributed by atoms with van der Waals surface area (Å²) in [6.45, 7) is 3.82. The summed E-state index contributed by atoms with van der Waals surface area (Å²) < 4.78 is 15.9. The van der Waals surface area contributed by atoms with E-state index in [-0.39, 0.29) is 29.1 Å². The molecular formula is C16H15FN2O3. The molecule has 0 bridgehead atoms. The van der Waals surface area contributed by atoms with Gasteiger partial charge in [0.05, 0.1) is 5.52 Å². The summed E-state index contributed by atoms with van der Waals surface area (Å²) in [6.07, 6.45) is 3.15. The van der Waals surface area contributed by atoms with Crippen LogP contribution in [0.4, 0.5) is 4.39 Å². The topological polar surface area (TPSA) is 85.3 Å². The van der Waals surface area contributed by atoms with Gasteiger partial charge < -0.3 is 15.4 Å². The summed E-state index contributed by atoms with van der Waals surface area (Å²) in [7, 11) is 0. The minimum absolute atomic E-state index is 0.0675. The number of rotatable bonds is 4. The molecule has 22 heavy (non-hydrogen) atoms. The monoisotopic (exact) mass is 302 g/mol. The molecule has 1 aromatic heterocycles. The largest absolute Gasteiger partial charge is 0.477 e. The van der Waals surface area contributed by atoms with Crippen LogP contribution < -0.4 is 11.2 Å². The van der Waals surface area contributed by atoms with E-state index in [9.17, 15) is 14.0 Å². The number of aromatic nitrogens is 1. The number of pyridine rings is 1. The Labute approximate surface area is 125 Å². The molecule has 1 aliphatic carbocycles. The predicted octanol–water partition coefficient (Wildman–Crippen LogP) is 2.15. The van der Waals surface area contributed by atoms with Crippen molar-refractivity contribution >= 4 is 22.4 Å². The molecule has 0 saturated heterocycles. The van der Waals surface area contributed by atoms with Crippen molar-refractivity contribution in [2.45, 2.75) is 18.9 Å². The standard InChI is InChI=1S/C16H15FN2O3/c1-8(6-18)10-5-14-11(4-13(10)17)15(20)12(16(21)22)7-19(14)9-2-3-9/h4-5,7,9H,1-3,6,18H2,(H,21,22). The highest BCUT2D eigenvalue weighted by atomic mass is 19.1. The third-order valence-electron chi connectivity index (χ3n) is 3.92. The van der Waals surface area contributed by atoms with E-state index >= 15 is 0 Å². The average Bonchev–Trinajstić information content (AvgIpc) is 3.31. The van der Waals surface area contributed by atoms with Gasteiger partial charge in [-0.3, -0.25) is 4.79 Å². The first-order chi connectivity index (χ1) is 10.4. The molecule has 1 fully saturated rings. The number of carboxylic acids is 1. The summed E-state index contributed by atoms with van der Waals surface area (Å²) in [5.74, 6) is -1.93. The molecule has 0 unspecified atom stereocenters. The van der Waals surface area contributed by atoms with Gasteiger partial charge in [0.2, 0.25) is 5.43 Å². The van der Waals surface area contributed by atoms with Crippen LogP contribution in [0.25, 0.3) is 16.5 Å². The zero-order chi connectivity index (χ0) is 16.0. The molecule has 1 saturated carbocycles. The fraction of sp³-hybridized carbons (Fsp3) is 0.250. The van der Waals surface area contributed by atoms with Crippen LogP contribution in [0, 0.1) is 5.82 Å². The summed E-state index contributed by atoms with van der Waals surface area (Å²) in [6, 6.07) is 2.76. The maximum Gasteiger partial charge on any atom is 0.341 e. The molecule has 1 aromatic carbocycles. The molecule has 1 heterocycles. The maximum absolute atomic E-state index is 14.2. The second-order valence-electron chi connectivity index (χ2n) is 5.47. The van der Waals surface area contributed by atoms with E-state index in [1.807, 2.05) is 0 Å². The molecule has 5 nitrogen and oxygen atoms in total. The van der Waals surface area contributed by atoms with Gasteiger partial charge in [-0.15, -0.1) is 0 Å². The third-order valence-corrected chi connectivity index (χ3v) is 3.92. The van der Waals surface area contributed by atoms with Gasteiger partial charge in [-0.25, -0.2) is 9.18 Å². The van der Waals surface area contributed by atoms with Gasteiger partial charge >= 0.3 is 5.97 Å². The highest BCUT2D eigenvalue weighted by Gasteiger charge is 2.27. The molecule has 6 heteroatoms. The Bertz CT molecular complexity index is 866. The van der Waals surface area contributed by atoms with Crippen LogP contribution in [0.15, 0.2) is 29.7 Å². The summed E-state index contributed by atoms with van der Waals surface area (Å²) in [5, 5.41) is 9.23. The molecule has 0 aliphatic heterocycles. The number of fused-ring (bicyclic) bond motifs is 1. The highest BCUT2D eigenvalue weighted by molar-refractivity contribution is 5.93. The molecule has 1 aliphatic rings. The first kappa shape index (κ1) is 14.5. The molecule has 3 N–H and O–H groups in total. The van der Waals surface area contributed by atoms with E-state index in [1.54, 1.807) is 4.57 Å². The summed E-state index contributed by atoms with van der Waals surface area (Å²) in [4.78, 5) is 23.5. The van der Waals surface area contributed by atoms with Crippen molar-refractivity contribution in [2.75, 3.05) is 6.54 Å². The van der Waals surface area contributed by atoms with Crippen LogP contribution in [-0.2, 0) is 0 Å². The minimum atomic E-state index is -1.31. The van der Waals surface area contributed by atoms with Gasteiger partial charge in [0.15, 0.2) is 0 Å². The smallest absolute Gasteiger partial charge is 0.341 e. The Kier molecular flexibility index (Phi) is 3.33. The molecule has 0 amide bonds. The van der Waals surface area contributed by atoms with Gasteiger partial charge in [-0.05, 0) is 30.5 Å². The Morgan fingerprint density at radius 3 is 2.64 bits per heavy atom. The van der Waals surface area contributed by atoms with Crippen LogP contribution >= 0.6 is 0 Å². The van der Waals surface area contributed by atoms with Crippen LogP contribution in [0.5, 0.6) is 0 Å². The number of aromatic carboxylic acids is 1. The normalized spacial score (nSPS) is 14.3. The fourth-order valence-electron chi connectivity index (χ4n) is 2.56. The predicted molar refractivity (Wildman–Crippen MR) is 81.5 cm³/mol. The molecule has 0 spiro atoms. The number of hydrogen-bond donors (Lipinski definition) is 2. The van der Waals surface area contributed by atoms with Crippen molar-refractivity contribution in [3.05, 3.63) is 52.1 Å². The SMILES string of the molecule is C=C(CN)c1cc2c(cc1F)c(=O)c(C(=O)O)cn2C1CC1. The van der Waals surface area contributed by atoms with E-state index in [4.69, 9.17) is 10.8 Å². The lowest BCUT2D eigenvalue weighted by Crippen LogP contribution is -2.19. The fourth-order valence-corrected chi connectivity index (χ4v) is 2.56. The van der Waals surface area contributed by atoms with Crippen molar-refractivity contribution in [1.29, 1.82) is 0 Å². The Hall–Kier alpha value is -2.47. The molecule has 0 radical (unpaired) electrons. The van der Waals surface area contributed by atoms with E-state index in [1.165, 1.54) is 12.3 Å². The molecular weight excluding hydrogens is 287 g/mol.